The van der Waals surface area contributed by atoms with Gasteiger partial charge in [0.25, 0.3) is 0 Å². The Morgan fingerprint density at radius 3 is 2.67 bits per heavy atom. The van der Waals surface area contributed by atoms with Gasteiger partial charge >= 0.3 is 0 Å². The van der Waals surface area contributed by atoms with Crippen LogP contribution in [0, 0.1) is 11.3 Å². The summed E-state index contributed by atoms with van der Waals surface area (Å²) < 4.78 is 0. The second-order valence-electron chi connectivity index (χ2n) is 2.54. The van der Waals surface area contributed by atoms with Crippen LogP contribution in [0.4, 0.5) is 0 Å². The molecule has 1 aliphatic carbocycles. The minimum atomic E-state index is 0.844. The summed E-state index contributed by atoms with van der Waals surface area (Å²) in [5.41, 5.74) is 1.46. The highest BCUT2D eigenvalue weighted by Gasteiger charge is 2.23. The molecule has 1 heteroatoms. The summed E-state index contributed by atoms with van der Waals surface area (Å²) in [4.78, 5) is 0. The Labute approximate surface area is 56.3 Å². The molecule has 0 heterocycles. The van der Waals surface area contributed by atoms with Crippen LogP contribution in [0.1, 0.15) is 26.2 Å². The summed E-state index contributed by atoms with van der Waals surface area (Å²) in [6.07, 6.45) is 7.18. The summed E-state index contributed by atoms with van der Waals surface area (Å²) in [5, 5.41) is 6.86. The third kappa shape index (κ3) is 1.67. The van der Waals surface area contributed by atoms with E-state index in [4.69, 9.17) is 5.41 Å². The summed E-state index contributed by atoms with van der Waals surface area (Å²) in [6.45, 7) is 2.16. The molecule has 1 saturated carbocycles. The van der Waals surface area contributed by atoms with E-state index in [1.165, 1.54) is 24.6 Å². The maximum absolute atomic E-state index is 6.86. The molecule has 1 rings (SSSR count). The lowest BCUT2D eigenvalue weighted by Gasteiger charge is -1.96. The molecule has 0 saturated heterocycles. The number of hydrogen-bond donors (Lipinski definition) is 1. The van der Waals surface area contributed by atoms with E-state index < -0.39 is 0 Å². The molecule has 0 bridgehead atoms. The van der Waals surface area contributed by atoms with Gasteiger partial charge in [-0.1, -0.05) is 12.5 Å². The molecule has 1 N–H and O–H groups in total. The molecule has 0 aliphatic heterocycles. The molecule has 1 aliphatic rings. The summed E-state index contributed by atoms with van der Waals surface area (Å²) in [7, 11) is 0. The summed E-state index contributed by atoms with van der Waals surface area (Å²) in [6, 6.07) is 0. The van der Waals surface area contributed by atoms with Crippen LogP contribution in [0.2, 0.25) is 0 Å². The van der Waals surface area contributed by atoms with Crippen molar-refractivity contribution in [2.24, 2.45) is 5.92 Å². The second kappa shape index (κ2) is 2.81. The molecule has 1 fully saturated rings. The van der Waals surface area contributed by atoms with Crippen molar-refractivity contribution >= 4 is 6.21 Å². The third-order valence-electron chi connectivity index (χ3n) is 1.81. The van der Waals surface area contributed by atoms with Crippen molar-refractivity contribution in [3.8, 4) is 0 Å². The molecule has 0 aromatic carbocycles. The van der Waals surface area contributed by atoms with Gasteiger partial charge in [-0.25, -0.2) is 0 Å². The van der Waals surface area contributed by atoms with Gasteiger partial charge in [0.15, 0.2) is 0 Å². The van der Waals surface area contributed by atoms with Gasteiger partial charge in [-0.05, 0) is 31.3 Å². The lowest BCUT2D eigenvalue weighted by molar-refractivity contribution is 0.915. The normalized spacial score (nSPS) is 19.9. The van der Waals surface area contributed by atoms with Crippen LogP contribution in [-0.4, -0.2) is 6.21 Å². The largest absolute Gasteiger partial charge is 0.309 e. The molecule has 0 aromatic rings. The van der Waals surface area contributed by atoms with Crippen LogP contribution < -0.4 is 0 Å². The number of hydrogen-bond acceptors (Lipinski definition) is 1. The zero-order valence-corrected chi connectivity index (χ0v) is 5.85. The van der Waals surface area contributed by atoms with E-state index in [2.05, 4.69) is 6.92 Å². The fourth-order valence-corrected chi connectivity index (χ4v) is 1.10. The predicted molar refractivity (Wildman–Crippen MR) is 39.9 cm³/mol. The SMILES string of the molecule is CC/C(=C\C=N)C1CC1. The average Bonchev–Trinajstić information content (AvgIpc) is 2.64. The quantitative estimate of drug-likeness (QED) is 0.557. The van der Waals surface area contributed by atoms with Gasteiger partial charge in [-0.3, -0.25) is 0 Å². The van der Waals surface area contributed by atoms with E-state index in [-0.39, 0.29) is 0 Å². The first-order chi connectivity index (χ1) is 4.38. The third-order valence-corrected chi connectivity index (χ3v) is 1.81. The van der Waals surface area contributed by atoms with Crippen molar-refractivity contribution in [1.29, 1.82) is 5.41 Å². The number of rotatable bonds is 3. The van der Waals surface area contributed by atoms with E-state index in [1.807, 2.05) is 6.08 Å². The van der Waals surface area contributed by atoms with Crippen molar-refractivity contribution in [2.45, 2.75) is 26.2 Å². The monoisotopic (exact) mass is 123 g/mol. The standard InChI is InChI=1S/C8H13N/c1-2-7(5-6-9)8-3-4-8/h5-6,8-9H,2-4H2,1H3/b7-5+,9-6?. The predicted octanol–water partition coefficient (Wildman–Crippen LogP) is 2.38. The summed E-state index contributed by atoms with van der Waals surface area (Å²) in [5.74, 6) is 0.844. The molecule has 0 unspecified atom stereocenters. The van der Waals surface area contributed by atoms with Gasteiger partial charge in [-0.15, -0.1) is 0 Å². The summed E-state index contributed by atoms with van der Waals surface area (Å²) >= 11 is 0. The van der Waals surface area contributed by atoms with Crippen molar-refractivity contribution in [3.63, 3.8) is 0 Å². The molecule has 0 amide bonds. The highest BCUT2D eigenvalue weighted by Crippen LogP contribution is 2.37. The maximum atomic E-state index is 6.86. The maximum Gasteiger partial charge on any atom is 0.0177 e. The Morgan fingerprint density at radius 1 is 1.67 bits per heavy atom. The van der Waals surface area contributed by atoms with Gasteiger partial charge in [0.05, 0.1) is 0 Å². The number of nitrogens with one attached hydrogen (secondary N) is 1. The molecule has 9 heavy (non-hydrogen) atoms. The first-order valence-corrected chi connectivity index (χ1v) is 3.58. The highest BCUT2D eigenvalue weighted by atomic mass is 14.3. The van der Waals surface area contributed by atoms with Gasteiger partial charge in [0.2, 0.25) is 0 Å². The Bertz CT molecular complexity index is 132. The van der Waals surface area contributed by atoms with Gasteiger partial charge in [0, 0.05) is 6.21 Å². The van der Waals surface area contributed by atoms with Crippen LogP contribution in [0.15, 0.2) is 11.6 Å². The van der Waals surface area contributed by atoms with E-state index in [0.29, 0.717) is 0 Å². The van der Waals surface area contributed by atoms with E-state index in [1.54, 1.807) is 0 Å². The van der Waals surface area contributed by atoms with Crippen molar-refractivity contribution in [1.82, 2.24) is 0 Å². The van der Waals surface area contributed by atoms with E-state index >= 15 is 0 Å². The average molecular weight is 123 g/mol. The molecular formula is C8H13N. The zero-order valence-electron chi connectivity index (χ0n) is 5.85. The number of allylic oxidation sites excluding steroid dienone is 2. The Morgan fingerprint density at radius 2 is 2.33 bits per heavy atom. The van der Waals surface area contributed by atoms with Crippen molar-refractivity contribution in [3.05, 3.63) is 11.6 Å². The first kappa shape index (κ1) is 6.53. The van der Waals surface area contributed by atoms with Gasteiger partial charge in [-0.2, -0.15) is 0 Å². The second-order valence-corrected chi connectivity index (χ2v) is 2.54. The Hall–Kier alpha value is -0.590. The van der Waals surface area contributed by atoms with Crippen LogP contribution in [0.5, 0.6) is 0 Å². The van der Waals surface area contributed by atoms with Crippen LogP contribution >= 0.6 is 0 Å². The first-order valence-electron chi connectivity index (χ1n) is 3.58. The van der Waals surface area contributed by atoms with Crippen LogP contribution in [0.3, 0.4) is 0 Å². The van der Waals surface area contributed by atoms with E-state index in [9.17, 15) is 0 Å². The smallest absolute Gasteiger partial charge is 0.0177 e. The Kier molecular flexibility index (Phi) is 2.04. The fourth-order valence-electron chi connectivity index (χ4n) is 1.10. The van der Waals surface area contributed by atoms with E-state index in [0.717, 1.165) is 12.3 Å². The highest BCUT2D eigenvalue weighted by molar-refractivity contribution is 5.69. The Balaban J connectivity index is 2.46. The van der Waals surface area contributed by atoms with Gasteiger partial charge < -0.3 is 5.41 Å². The molecule has 0 aromatic heterocycles. The minimum absolute atomic E-state index is 0.844. The van der Waals surface area contributed by atoms with Crippen molar-refractivity contribution in [2.75, 3.05) is 0 Å². The molecule has 0 atom stereocenters. The fraction of sp³-hybridized carbons (Fsp3) is 0.625. The topological polar surface area (TPSA) is 23.9 Å². The molecular weight excluding hydrogens is 110 g/mol. The molecule has 0 spiro atoms. The molecule has 1 nitrogen and oxygen atoms in total. The minimum Gasteiger partial charge on any atom is -0.309 e. The van der Waals surface area contributed by atoms with Crippen molar-refractivity contribution < 1.29 is 0 Å². The zero-order chi connectivity index (χ0) is 6.69. The van der Waals surface area contributed by atoms with Crippen LogP contribution in [-0.2, 0) is 0 Å². The molecule has 50 valence electrons. The van der Waals surface area contributed by atoms with Gasteiger partial charge in [0.1, 0.15) is 0 Å². The lowest BCUT2D eigenvalue weighted by atomic mass is 10.1. The lowest BCUT2D eigenvalue weighted by Crippen LogP contribution is -1.82. The van der Waals surface area contributed by atoms with Crippen LogP contribution in [0.25, 0.3) is 0 Å². The molecule has 0 radical (unpaired) electrons.